The van der Waals surface area contributed by atoms with Crippen LogP contribution in [0.15, 0.2) is 59.1 Å². The van der Waals surface area contributed by atoms with Gasteiger partial charge >= 0.3 is 0 Å². The average molecular weight is 334 g/mol. The lowest BCUT2D eigenvalue weighted by Gasteiger charge is -2.22. The maximum Gasteiger partial charge on any atom is 0.0624 e. The largest absolute Gasteiger partial charge is 0.392 e. The zero-order valence-corrected chi connectivity index (χ0v) is 13.0. The summed E-state index contributed by atoms with van der Waals surface area (Å²) >= 11 is 3.42. The summed E-state index contributed by atoms with van der Waals surface area (Å²) in [5, 5.41) is 10.4. The number of benzene rings is 2. The van der Waals surface area contributed by atoms with Gasteiger partial charge in [-0.2, -0.15) is 0 Å². The van der Waals surface area contributed by atoms with Crippen LogP contribution >= 0.6 is 15.9 Å². The zero-order valence-electron chi connectivity index (χ0n) is 11.4. The Kier molecular flexibility index (Phi) is 5.77. The van der Waals surface area contributed by atoms with Crippen molar-refractivity contribution in [3.63, 3.8) is 0 Å². The van der Waals surface area contributed by atoms with Gasteiger partial charge in [0, 0.05) is 16.9 Å². The Hall–Kier alpha value is -1.16. The standard InChI is InChI=1S/C17H20BrNO/c18-15-9-7-14(8-10-15)16(12-19)17(20)11-6-13-4-2-1-3-5-13/h1-5,7-10,16-17,20H,6,11-12,19H2. The molecule has 2 aromatic carbocycles. The van der Waals surface area contributed by atoms with Gasteiger partial charge in [-0.1, -0.05) is 58.4 Å². The van der Waals surface area contributed by atoms with Gasteiger partial charge < -0.3 is 10.8 Å². The number of nitrogens with two attached hydrogens (primary N) is 1. The molecule has 3 heteroatoms. The van der Waals surface area contributed by atoms with Crippen LogP contribution in [0.4, 0.5) is 0 Å². The van der Waals surface area contributed by atoms with E-state index in [2.05, 4.69) is 28.1 Å². The maximum absolute atomic E-state index is 10.4. The van der Waals surface area contributed by atoms with Gasteiger partial charge in [0.2, 0.25) is 0 Å². The Labute approximate surface area is 128 Å². The average Bonchev–Trinajstić information content (AvgIpc) is 2.49. The molecule has 106 valence electrons. The van der Waals surface area contributed by atoms with Crippen LogP contribution in [0, 0.1) is 0 Å². The van der Waals surface area contributed by atoms with Crippen LogP contribution in [0.5, 0.6) is 0 Å². The third-order valence-electron chi connectivity index (χ3n) is 3.59. The number of aliphatic hydroxyl groups excluding tert-OH is 1. The molecule has 0 saturated heterocycles. The van der Waals surface area contributed by atoms with Crippen LogP contribution in [0.2, 0.25) is 0 Å². The van der Waals surface area contributed by atoms with Gasteiger partial charge in [-0.3, -0.25) is 0 Å². The van der Waals surface area contributed by atoms with Crippen molar-refractivity contribution >= 4 is 15.9 Å². The molecule has 0 saturated carbocycles. The molecule has 0 radical (unpaired) electrons. The predicted molar refractivity (Wildman–Crippen MR) is 86.7 cm³/mol. The molecule has 0 heterocycles. The second-order valence-electron chi connectivity index (χ2n) is 4.99. The minimum absolute atomic E-state index is 0.00758. The molecule has 20 heavy (non-hydrogen) atoms. The summed E-state index contributed by atoms with van der Waals surface area (Å²) < 4.78 is 1.04. The van der Waals surface area contributed by atoms with Gasteiger partial charge in [0.05, 0.1) is 6.10 Å². The van der Waals surface area contributed by atoms with Crippen molar-refractivity contribution < 1.29 is 5.11 Å². The molecule has 2 aromatic rings. The van der Waals surface area contributed by atoms with Crippen LogP contribution in [0.1, 0.15) is 23.5 Å². The Balaban J connectivity index is 1.98. The van der Waals surface area contributed by atoms with Crippen LogP contribution in [-0.2, 0) is 6.42 Å². The fourth-order valence-corrected chi connectivity index (χ4v) is 2.65. The van der Waals surface area contributed by atoms with E-state index < -0.39 is 6.10 Å². The molecule has 0 amide bonds. The van der Waals surface area contributed by atoms with Crippen LogP contribution in [-0.4, -0.2) is 17.8 Å². The highest BCUT2D eigenvalue weighted by molar-refractivity contribution is 9.10. The van der Waals surface area contributed by atoms with E-state index in [-0.39, 0.29) is 5.92 Å². The predicted octanol–water partition coefficient (Wildman–Crippen LogP) is 3.49. The molecule has 3 N–H and O–H groups in total. The fraction of sp³-hybridized carbons (Fsp3) is 0.294. The molecular weight excluding hydrogens is 314 g/mol. The van der Waals surface area contributed by atoms with E-state index in [1.807, 2.05) is 42.5 Å². The van der Waals surface area contributed by atoms with Crippen LogP contribution in [0.3, 0.4) is 0 Å². The monoisotopic (exact) mass is 333 g/mol. The van der Waals surface area contributed by atoms with Gasteiger partial charge in [0.1, 0.15) is 0 Å². The third kappa shape index (κ3) is 4.17. The molecule has 2 atom stereocenters. The van der Waals surface area contributed by atoms with Crippen LogP contribution < -0.4 is 5.73 Å². The van der Waals surface area contributed by atoms with Crippen molar-refractivity contribution in [2.24, 2.45) is 5.73 Å². The quantitative estimate of drug-likeness (QED) is 0.850. The molecule has 0 aliphatic heterocycles. The summed E-state index contributed by atoms with van der Waals surface area (Å²) in [6.45, 7) is 0.456. The summed E-state index contributed by atoms with van der Waals surface area (Å²) in [6, 6.07) is 18.2. The van der Waals surface area contributed by atoms with Crippen molar-refractivity contribution in [3.05, 3.63) is 70.2 Å². The first-order chi connectivity index (χ1) is 9.70. The number of aliphatic hydroxyl groups is 1. The maximum atomic E-state index is 10.4. The number of hydrogen-bond acceptors (Lipinski definition) is 2. The molecule has 0 aliphatic rings. The van der Waals surface area contributed by atoms with Gasteiger partial charge in [-0.05, 0) is 36.1 Å². The summed E-state index contributed by atoms with van der Waals surface area (Å²) in [5.74, 6) is -0.00758. The molecule has 2 nitrogen and oxygen atoms in total. The summed E-state index contributed by atoms with van der Waals surface area (Å²) in [5.41, 5.74) is 8.18. The van der Waals surface area contributed by atoms with E-state index in [1.165, 1.54) is 5.56 Å². The first kappa shape index (κ1) is 15.2. The summed E-state index contributed by atoms with van der Waals surface area (Å²) in [6.07, 6.45) is 1.18. The molecule has 2 unspecified atom stereocenters. The Morgan fingerprint density at radius 1 is 1.00 bits per heavy atom. The smallest absolute Gasteiger partial charge is 0.0624 e. The topological polar surface area (TPSA) is 46.2 Å². The molecule has 0 fully saturated rings. The normalized spacial score (nSPS) is 13.9. The van der Waals surface area contributed by atoms with E-state index in [0.717, 1.165) is 22.9 Å². The minimum Gasteiger partial charge on any atom is -0.392 e. The SMILES string of the molecule is NCC(c1ccc(Br)cc1)C(O)CCc1ccccc1. The van der Waals surface area contributed by atoms with Gasteiger partial charge in [-0.25, -0.2) is 0 Å². The molecule has 0 spiro atoms. The van der Waals surface area contributed by atoms with Gasteiger partial charge in [0.15, 0.2) is 0 Å². The molecule has 0 aromatic heterocycles. The van der Waals surface area contributed by atoms with Crippen molar-refractivity contribution in [2.75, 3.05) is 6.54 Å². The van der Waals surface area contributed by atoms with Crippen molar-refractivity contribution in [1.29, 1.82) is 0 Å². The van der Waals surface area contributed by atoms with E-state index in [1.54, 1.807) is 0 Å². The summed E-state index contributed by atoms with van der Waals surface area (Å²) in [7, 11) is 0. The lowest BCUT2D eigenvalue weighted by Crippen LogP contribution is -2.26. The van der Waals surface area contributed by atoms with E-state index >= 15 is 0 Å². The Bertz CT molecular complexity index is 512. The van der Waals surface area contributed by atoms with Crippen molar-refractivity contribution in [1.82, 2.24) is 0 Å². The molecule has 2 rings (SSSR count). The van der Waals surface area contributed by atoms with E-state index in [4.69, 9.17) is 5.73 Å². The van der Waals surface area contributed by atoms with Gasteiger partial charge in [0.25, 0.3) is 0 Å². The summed E-state index contributed by atoms with van der Waals surface area (Å²) in [4.78, 5) is 0. The number of aryl methyl sites for hydroxylation is 1. The zero-order chi connectivity index (χ0) is 14.4. The van der Waals surface area contributed by atoms with Crippen molar-refractivity contribution in [3.8, 4) is 0 Å². The number of halogens is 1. The lowest BCUT2D eigenvalue weighted by atomic mass is 9.90. The molecular formula is C17H20BrNO. The first-order valence-corrected chi connectivity index (χ1v) is 7.67. The van der Waals surface area contributed by atoms with E-state index in [0.29, 0.717) is 6.54 Å². The van der Waals surface area contributed by atoms with Crippen LogP contribution in [0.25, 0.3) is 0 Å². The number of rotatable bonds is 6. The van der Waals surface area contributed by atoms with Crippen molar-refractivity contribution in [2.45, 2.75) is 24.9 Å². The number of hydrogen-bond donors (Lipinski definition) is 2. The minimum atomic E-state index is -0.415. The Morgan fingerprint density at radius 3 is 2.25 bits per heavy atom. The Morgan fingerprint density at radius 2 is 1.65 bits per heavy atom. The molecule has 0 aliphatic carbocycles. The highest BCUT2D eigenvalue weighted by Gasteiger charge is 2.19. The third-order valence-corrected chi connectivity index (χ3v) is 4.12. The fourth-order valence-electron chi connectivity index (χ4n) is 2.39. The second-order valence-corrected chi connectivity index (χ2v) is 5.90. The van der Waals surface area contributed by atoms with E-state index in [9.17, 15) is 5.11 Å². The second kappa shape index (κ2) is 7.58. The molecule has 0 bridgehead atoms. The highest BCUT2D eigenvalue weighted by Crippen LogP contribution is 2.23. The van der Waals surface area contributed by atoms with Gasteiger partial charge in [-0.15, -0.1) is 0 Å². The lowest BCUT2D eigenvalue weighted by molar-refractivity contribution is 0.136. The first-order valence-electron chi connectivity index (χ1n) is 6.88. The highest BCUT2D eigenvalue weighted by atomic mass is 79.9.